The smallest absolute Gasteiger partial charge is 0.255 e. The molecule has 2 heterocycles. The van der Waals surface area contributed by atoms with Gasteiger partial charge in [0.2, 0.25) is 5.91 Å². The molecule has 35 heavy (non-hydrogen) atoms. The van der Waals surface area contributed by atoms with Gasteiger partial charge in [-0.15, -0.1) is 0 Å². The van der Waals surface area contributed by atoms with Crippen LogP contribution in [0.2, 0.25) is 5.02 Å². The minimum absolute atomic E-state index is 0.0331. The van der Waals surface area contributed by atoms with Crippen LogP contribution in [0.3, 0.4) is 0 Å². The van der Waals surface area contributed by atoms with Crippen LogP contribution in [-0.2, 0) is 4.79 Å². The molecule has 0 bridgehead atoms. The van der Waals surface area contributed by atoms with Crippen molar-refractivity contribution in [2.45, 2.75) is 27.7 Å². The summed E-state index contributed by atoms with van der Waals surface area (Å²) in [6, 6.07) is 17.3. The second-order valence-electron chi connectivity index (χ2n) is 9.88. The first-order chi connectivity index (χ1) is 16.6. The lowest BCUT2D eigenvalue weighted by Crippen LogP contribution is -2.53. The van der Waals surface area contributed by atoms with Crippen molar-refractivity contribution in [3.8, 4) is 22.7 Å². The molecule has 0 radical (unpaired) electrons. The van der Waals surface area contributed by atoms with Gasteiger partial charge in [0.1, 0.15) is 5.75 Å². The molecule has 1 fully saturated rings. The molecule has 2 amide bonds. The number of aromatic nitrogens is 1. The Hall–Kier alpha value is -3.25. The van der Waals surface area contributed by atoms with Crippen LogP contribution in [0, 0.1) is 12.3 Å². The Labute approximate surface area is 212 Å². The van der Waals surface area contributed by atoms with Crippen molar-refractivity contribution in [1.29, 1.82) is 0 Å². The van der Waals surface area contributed by atoms with Crippen LogP contribution in [0.1, 0.15) is 36.8 Å². The molecule has 3 aromatic rings. The second-order valence-corrected chi connectivity index (χ2v) is 10.3. The maximum atomic E-state index is 13.7. The number of halogens is 1. The van der Waals surface area contributed by atoms with Crippen LogP contribution in [0.25, 0.3) is 16.9 Å². The van der Waals surface area contributed by atoms with Crippen molar-refractivity contribution in [2.75, 3.05) is 33.3 Å². The van der Waals surface area contributed by atoms with E-state index in [1.807, 2.05) is 92.1 Å². The van der Waals surface area contributed by atoms with E-state index in [0.29, 0.717) is 36.8 Å². The highest BCUT2D eigenvalue weighted by molar-refractivity contribution is 6.30. The molecule has 0 unspecified atom stereocenters. The normalized spacial score (nSPS) is 14.2. The van der Waals surface area contributed by atoms with Crippen LogP contribution in [0.15, 0.2) is 54.6 Å². The number of benzene rings is 2. The number of amides is 2. The van der Waals surface area contributed by atoms with Crippen molar-refractivity contribution in [2.24, 2.45) is 5.41 Å². The number of ether oxygens (including phenoxy) is 1. The van der Waals surface area contributed by atoms with Gasteiger partial charge in [-0.1, -0.05) is 56.6 Å². The Kier molecular flexibility index (Phi) is 6.95. The molecule has 1 aliphatic rings. The van der Waals surface area contributed by atoms with Crippen molar-refractivity contribution in [3.05, 3.63) is 70.9 Å². The summed E-state index contributed by atoms with van der Waals surface area (Å²) in [4.78, 5) is 30.0. The summed E-state index contributed by atoms with van der Waals surface area (Å²) in [5.74, 6) is 0.803. The largest absolute Gasteiger partial charge is 0.495 e. The van der Waals surface area contributed by atoms with Gasteiger partial charge in [-0.25, -0.2) is 0 Å². The Morgan fingerprint density at radius 2 is 1.51 bits per heavy atom. The van der Waals surface area contributed by atoms with Gasteiger partial charge < -0.3 is 19.1 Å². The number of para-hydroxylation sites is 2. The van der Waals surface area contributed by atoms with E-state index in [0.717, 1.165) is 28.4 Å². The molecule has 0 atom stereocenters. The highest BCUT2D eigenvalue weighted by Gasteiger charge is 2.32. The molecule has 4 rings (SSSR count). The molecule has 0 saturated carbocycles. The third-order valence-electron chi connectivity index (χ3n) is 6.44. The van der Waals surface area contributed by atoms with Crippen molar-refractivity contribution < 1.29 is 14.3 Å². The molecule has 1 aromatic heterocycles. The van der Waals surface area contributed by atoms with E-state index in [1.54, 1.807) is 7.11 Å². The summed E-state index contributed by atoms with van der Waals surface area (Å²) in [5, 5.41) is 0.653. The molecule has 1 saturated heterocycles. The molecular weight excluding hydrogens is 462 g/mol. The predicted molar refractivity (Wildman–Crippen MR) is 139 cm³/mol. The van der Waals surface area contributed by atoms with E-state index in [4.69, 9.17) is 16.3 Å². The fraction of sp³-hybridized carbons (Fsp3) is 0.357. The topological polar surface area (TPSA) is 54.8 Å². The minimum Gasteiger partial charge on any atom is -0.495 e. The molecule has 0 N–H and O–H groups in total. The maximum Gasteiger partial charge on any atom is 0.255 e. The molecule has 6 nitrogen and oxygen atoms in total. The molecule has 1 aliphatic heterocycles. The summed E-state index contributed by atoms with van der Waals surface area (Å²) < 4.78 is 7.70. The van der Waals surface area contributed by atoms with E-state index in [2.05, 4.69) is 4.57 Å². The molecular formula is C28H32ClN3O3. The number of methoxy groups -OCH3 is 1. The Morgan fingerprint density at radius 1 is 0.914 bits per heavy atom. The van der Waals surface area contributed by atoms with E-state index < -0.39 is 5.41 Å². The molecule has 7 heteroatoms. The molecule has 184 valence electrons. The van der Waals surface area contributed by atoms with Crippen molar-refractivity contribution in [1.82, 2.24) is 14.4 Å². The summed E-state index contributed by atoms with van der Waals surface area (Å²) >= 11 is 6.14. The lowest BCUT2D eigenvalue weighted by molar-refractivity contribution is -0.140. The van der Waals surface area contributed by atoms with Gasteiger partial charge >= 0.3 is 0 Å². The minimum atomic E-state index is -0.428. The SMILES string of the molecule is COc1ccccc1-n1c(-c2ccc(Cl)cc2)cc(C(=O)N2CCN(C(=O)C(C)(C)C)CC2)c1C. The highest BCUT2D eigenvalue weighted by atomic mass is 35.5. The quantitative estimate of drug-likeness (QED) is 0.486. The number of rotatable bonds is 4. The van der Waals surface area contributed by atoms with Crippen LogP contribution >= 0.6 is 11.6 Å². The molecule has 0 aliphatic carbocycles. The van der Waals surface area contributed by atoms with Crippen molar-refractivity contribution >= 4 is 23.4 Å². The standard InChI is InChI=1S/C28H32ClN3O3/c1-19-22(26(33)30-14-16-31(17-15-30)27(34)28(2,3)4)18-24(20-10-12-21(29)13-11-20)32(19)23-8-6-7-9-25(23)35-5/h6-13,18H,14-17H2,1-5H3. The predicted octanol–water partition coefficient (Wildman–Crippen LogP) is 5.45. The third kappa shape index (κ3) is 4.94. The number of carbonyl (C=O) groups is 2. The van der Waals surface area contributed by atoms with Gasteiger partial charge in [0.25, 0.3) is 5.91 Å². The van der Waals surface area contributed by atoms with E-state index in [9.17, 15) is 9.59 Å². The number of carbonyl (C=O) groups excluding carboxylic acids is 2. The van der Waals surface area contributed by atoms with Gasteiger partial charge in [0.15, 0.2) is 0 Å². The Bertz CT molecular complexity index is 1230. The molecule has 0 spiro atoms. The lowest BCUT2D eigenvalue weighted by Gasteiger charge is -2.37. The highest BCUT2D eigenvalue weighted by Crippen LogP contribution is 2.34. The van der Waals surface area contributed by atoms with E-state index >= 15 is 0 Å². The van der Waals surface area contributed by atoms with Gasteiger partial charge in [0, 0.05) is 42.3 Å². The van der Waals surface area contributed by atoms with E-state index in [-0.39, 0.29) is 11.8 Å². The van der Waals surface area contributed by atoms with Gasteiger partial charge in [-0.3, -0.25) is 9.59 Å². The van der Waals surface area contributed by atoms with Gasteiger partial charge in [-0.2, -0.15) is 0 Å². The average molecular weight is 494 g/mol. The van der Waals surface area contributed by atoms with Gasteiger partial charge in [0.05, 0.1) is 24.1 Å². The fourth-order valence-electron chi connectivity index (χ4n) is 4.54. The maximum absolute atomic E-state index is 13.7. The van der Waals surface area contributed by atoms with Crippen LogP contribution in [0.4, 0.5) is 0 Å². The first kappa shape index (κ1) is 24.9. The van der Waals surface area contributed by atoms with Crippen LogP contribution < -0.4 is 4.74 Å². The number of piperazine rings is 1. The third-order valence-corrected chi connectivity index (χ3v) is 6.69. The van der Waals surface area contributed by atoms with Gasteiger partial charge in [-0.05, 0) is 42.8 Å². The number of hydrogen-bond donors (Lipinski definition) is 0. The Morgan fingerprint density at radius 3 is 2.11 bits per heavy atom. The summed E-state index contributed by atoms with van der Waals surface area (Å²) in [6.07, 6.45) is 0. The summed E-state index contributed by atoms with van der Waals surface area (Å²) in [5.41, 5.74) is 3.73. The summed E-state index contributed by atoms with van der Waals surface area (Å²) in [7, 11) is 1.64. The van der Waals surface area contributed by atoms with Crippen LogP contribution in [-0.4, -0.2) is 59.5 Å². The fourth-order valence-corrected chi connectivity index (χ4v) is 4.66. The lowest BCUT2D eigenvalue weighted by atomic mass is 9.94. The average Bonchev–Trinajstić information content (AvgIpc) is 3.19. The number of hydrogen-bond acceptors (Lipinski definition) is 3. The number of nitrogens with zero attached hydrogens (tertiary/aromatic N) is 3. The van der Waals surface area contributed by atoms with Crippen LogP contribution in [0.5, 0.6) is 5.75 Å². The first-order valence-corrected chi connectivity index (χ1v) is 12.2. The summed E-state index contributed by atoms with van der Waals surface area (Å²) in [6.45, 7) is 9.83. The zero-order chi connectivity index (χ0) is 25.3. The second kappa shape index (κ2) is 9.78. The van der Waals surface area contributed by atoms with E-state index in [1.165, 1.54) is 0 Å². The zero-order valence-electron chi connectivity index (χ0n) is 21.0. The monoisotopic (exact) mass is 493 g/mol. The van der Waals surface area contributed by atoms with Crippen molar-refractivity contribution in [3.63, 3.8) is 0 Å². The Balaban J connectivity index is 1.71. The zero-order valence-corrected chi connectivity index (χ0v) is 21.7. The first-order valence-electron chi connectivity index (χ1n) is 11.8. The molecule has 2 aromatic carbocycles.